The van der Waals surface area contributed by atoms with Crippen LogP contribution in [-0.4, -0.2) is 15.2 Å². The van der Waals surface area contributed by atoms with Gasteiger partial charge in [0.05, 0.1) is 5.69 Å². The first-order chi connectivity index (χ1) is 9.63. The van der Waals surface area contributed by atoms with E-state index in [0.29, 0.717) is 5.13 Å². The van der Waals surface area contributed by atoms with Crippen LogP contribution in [0.4, 0.5) is 5.13 Å². The maximum absolute atomic E-state index is 5.63. The summed E-state index contributed by atoms with van der Waals surface area (Å²) in [6.07, 6.45) is 0. The number of anilines is 1. The topological polar surface area (TPSA) is 64.7 Å². The summed E-state index contributed by atoms with van der Waals surface area (Å²) in [4.78, 5) is 4.66. The molecular formula is C15H14N4S. The third-order valence-electron chi connectivity index (χ3n) is 3.10. The molecule has 3 aromatic rings. The molecule has 0 spiro atoms. The van der Waals surface area contributed by atoms with Gasteiger partial charge in [-0.05, 0) is 26.0 Å². The standard InChI is InChI=1S/C15H14N4S/c1-9-3-5-11(6-4-9)13-8-7-12(10(2)17-13)14-18-19-15(16)20-14/h3-8H,1-2H3,(H2,16,19). The first-order valence-electron chi connectivity index (χ1n) is 6.27. The Morgan fingerprint density at radius 1 is 0.950 bits per heavy atom. The summed E-state index contributed by atoms with van der Waals surface area (Å²) in [6, 6.07) is 12.4. The molecule has 20 heavy (non-hydrogen) atoms. The molecule has 0 saturated carbocycles. The third-order valence-corrected chi connectivity index (χ3v) is 3.89. The number of nitrogens with zero attached hydrogens (tertiary/aromatic N) is 3. The van der Waals surface area contributed by atoms with Crippen molar-refractivity contribution in [1.29, 1.82) is 0 Å². The van der Waals surface area contributed by atoms with Gasteiger partial charge in [-0.3, -0.25) is 4.98 Å². The number of nitrogens with two attached hydrogens (primary N) is 1. The second-order valence-electron chi connectivity index (χ2n) is 4.64. The average molecular weight is 282 g/mol. The van der Waals surface area contributed by atoms with Crippen LogP contribution in [0.5, 0.6) is 0 Å². The number of aryl methyl sites for hydroxylation is 2. The molecule has 1 aromatic carbocycles. The highest BCUT2D eigenvalue weighted by atomic mass is 32.1. The summed E-state index contributed by atoms with van der Waals surface area (Å²) < 4.78 is 0. The Bertz CT molecular complexity index is 747. The van der Waals surface area contributed by atoms with Crippen molar-refractivity contribution >= 4 is 16.5 Å². The zero-order valence-electron chi connectivity index (χ0n) is 11.3. The van der Waals surface area contributed by atoms with Crippen LogP contribution in [0, 0.1) is 13.8 Å². The normalized spacial score (nSPS) is 10.7. The van der Waals surface area contributed by atoms with Gasteiger partial charge in [-0.15, -0.1) is 10.2 Å². The van der Waals surface area contributed by atoms with Gasteiger partial charge in [0.2, 0.25) is 5.13 Å². The van der Waals surface area contributed by atoms with E-state index in [0.717, 1.165) is 27.5 Å². The Morgan fingerprint density at radius 2 is 1.70 bits per heavy atom. The van der Waals surface area contributed by atoms with Crippen molar-refractivity contribution in [3.05, 3.63) is 47.7 Å². The van der Waals surface area contributed by atoms with Crippen molar-refractivity contribution in [2.45, 2.75) is 13.8 Å². The van der Waals surface area contributed by atoms with Crippen molar-refractivity contribution in [3.63, 3.8) is 0 Å². The van der Waals surface area contributed by atoms with Gasteiger partial charge in [0, 0.05) is 16.8 Å². The molecule has 3 rings (SSSR count). The van der Waals surface area contributed by atoms with E-state index in [1.54, 1.807) is 0 Å². The molecule has 0 radical (unpaired) electrons. The maximum Gasteiger partial charge on any atom is 0.203 e. The number of hydrogen-bond acceptors (Lipinski definition) is 5. The van der Waals surface area contributed by atoms with Crippen molar-refractivity contribution in [1.82, 2.24) is 15.2 Å². The van der Waals surface area contributed by atoms with E-state index >= 15 is 0 Å². The first-order valence-corrected chi connectivity index (χ1v) is 7.09. The zero-order valence-corrected chi connectivity index (χ0v) is 12.1. The van der Waals surface area contributed by atoms with Gasteiger partial charge in [0.1, 0.15) is 0 Å². The Labute approximate surface area is 121 Å². The van der Waals surface area contributed by atoms with Crippen molar-refractivity contribution in [2.24, 2.45) is 0 Å². The Hall–Kier alpha value is -2.27. The van der Waals surface area contributed by atoms with E-state index in [1.807, 2.05) is 19.1 Å². The van der Waals surface area contributed by atoms with Crippen LogP contribution >= 0.6 is 11.3 Å². The van der Waals surface area contributed by atoms with Crippen molar-refractivity contribution in [2.75, 3.05) is 5.73 Å². The largest absolute Gasteiger partial charge is 0.374 e. The molecule has 0 aliphatic heterocycles. The minimum atomic E-state index is 0.474. The number of nitrogen functional groups attached to an aromatic ring is 1. The summed E-state index contributed by atoms with van der Waals surface area (Å²) in [7, 11) is 0. The highest BCUT2D eigenvalue weighted by Gasteiger charge is 2.10. The van der Waals surface area contributed by atoms with E-state index < -0.39 is 0 Å². The molecule has 0 aliphatic carbocycles. The van der Waals surface area contributed by atoms with Gasteiger partial charge in [0.25, 0.3) is 0 Å². The van der Waals surface area contributed by atoms with Gasteiger partial charge in [-0.1, -0.05) is 41.2 Å². The van der Waals surface area contributed by atoms with Crippen molar-refractivity contribution < 1.29 is 0 Å². The number of pyridine rings is 1. The zero-order chi connectivity index (χ0) is 14.1. The van der Waals surface area contributed by atoms with Gasteiger partial charge in [0.15, 0.2) is 5.01 Å². The molecule has 0 saturated heterocycles. The van der Waals surface area contributed by atoms with Crippen molar-refractivity contribution in [3.8, 4) is 21.8 Å². The monoisotopic (exact) mass is 282 g/mol. The SMILES string of the molecule is Cc1ccc(-c2ccc(-c3nnc(N)s3)c(C)n2)cc1. The lowest BCUT2D eigenvalue weighted by Crippen LogP contribution is -1.91. The van der Waals surface area contributed by atoms with E-state index in [-0.39, 0.29) is 0 Å². The smallest absolute Gasteiger partial charge is 0.203 e. The summed E-state index contributed by atoms with van der Waals surface area (Å²) >= 11 is 1.37. The minimum absolute atomic E-state index is 0.474. The van der Waals surface area contributed by atoms with Gasteiger partial charge < -0.3 is 5.73 Å². The van der Waals surface area contributed by atoms with Gasteiger partial charge in [-0.25, -0.2) is 0 Å². The van der Waals surface area contributed by atoms with E-state index in [9.17, 15) is 0 Å². The second-order valence-corrected chi connectivity index (χ2v) is 5.65. The minimum Gasteiger partial charge on any atom is -0.374 e. The first kappa shape index (κ1) is 12.7. The molecular weight excluding hydrogens is 268 g/mol. The van der Waals surface area contributed by atoms with Crippen LogP contribution in [0.25, 0.3) is 21.8 Å². The Balaban J connectivity index is 2.01. The Kier molecular flexibility index (Phi) is 3.20. The average Bonchev–Trinajstić information content (AvgIpc) is 2.86. The molecule has 0 unspecified atom stereocenters. The van der Waals surface area contributed by atoms with E-state index in [1.165, 1.54) is 16.9 Å². The molecule has 0 bridgehead atoms. The van der Waals surface area contributed by atoms with Gasteiger partial charge >= 0.3 is 0 Å². The molecule has 0 fully saturated rings. The molecule has 100 valence electrons. The fraction of sp³-hybridized carbons (Fsp3) is 0.133. The van der Waals surface area contributed by atoms with E-state index in [4.69, 9.17) is 5.73 Å². The second kappa shape index (κ2) is 5.02. The summed E-state index contributed by atoms with van der Waals surface area (Å²) in [6.45, 7) is 4.05. The van der Waals surface area contributed by atoms with E-state index in [2.05, 4.69) is 46.4 Å². The number of hydrogen-bond donors (Lipinski definition) is 1. The van der Waals surface area contributed by atoms with Crippen LogP contribution in [0.1, 0.15) is 11.3 Å². The van der Waals surface area contributed by atoms with Crippen LogP contribution < -0.4 is 5.73 Å². The predicted octanol–water partition coefficient (Wildman–Crippen LogP) is 3.47. The molecule has 2 aromatic heterocycles. The van der Waals surface area contributed by atoms with Crippen LogP contribution in [-0.2, 0) is 0 Å². The molecule has 0 amide bonds. The number of rotatable bonds is 2. The highest BCUT2D eigenvalue weighted by molar-refractivity contribution is 7.18. The maximum atomic E-state index is 5.63. The lowest BCUT2D eigenvalue weighted by Gasteiger charge is -2.06. The quantitative estimate of drug-likeness (QED) is 0.781. The summed E-state index contributed by atoms with van der Waals surface area (Å²) in [5.41, 5.74) is 10.9. The third kappa shape index (κ3) is 2.40. The fourth-order valence-electron chi connectivity index (χ4n) is 2.02. The lowest BCUT2D eigenvalue weighted by molar-refractivity contribution is 1.09. The number of benzene rings is 1. The molecule has 4 nitrogen and oxygen atoms in total. The summed E-state index contributed by atoms with van der Waals surface area (Å²) in [5.74, 6) is 0. The molecule has 2 heterocycles. The predicted molar refractivity (Wildman–Crippen MR) is 82.5 cm³/mol. The molecule has 2 N–H and O–H groups in total. The van der Waals surface area contributed by atoms with Crippen LogP contribution in [0.2, 0.25) is 0 Å². The lowest BCUT2D eigenvalue weighted by atomic mass is 10.1. The molecule has 5 heteroatoms. The molecule has 0 aliphatic rings. The molecule has 0 atom stereocenters. The fourth-order valence-corrected chi connectivity index (χ4v) is 2.70. The number of aromatic nitrogens is 3. The summed E-state index contributed by atoms with van der Waals surface area (Å²) in [5, 5.41) is 9.19. The van der Waals surface area contributed by atoms with Crippen LogP contribution in [0.3, 0.4) is 0 Å². The van der Waals surface area contributed by atoms with Crippen LogP contribution in [0.15, 0.2) is 36.4 Å². The Morgan fingerprint density at radius 3 is 2.30 bits per heavy atom. The highest BCUT2D eigenvalue weighted by Crippen LogP contribution is 2.28. The van der Waals surface area contributed by atoms with Gasteiger partial charge in [-0.2, -0.15) is 0 Å².